The van der Waals surface area contributed by atoms with E-state index in [9.17, 15) is 5.11 Å². The van der Waals surface area contributed by atoms with E-state index in [-0.39, 0.29) is 12.7 Å². The molecule has 106 valence electrons. The average Bonchev–Trinajstić information content (AvgIpc) is 2.32. The zero-order chi connectivity index (χ0) is 13.1. The van der Waals surface area contributed by atoms with Crippen molar-refractivity contribution in [2.75, 3.05) is 26.2 Å². The largest absolute Gasteiger partial charge is 0.395 e. The highest BCUT2D eigenvalue weighted by atomic mass is 16.3. The maximum atomic E-state index is 9.86. The molecular formula is C14H28N2O2. The summed E-state index contributed by atoms with van der Waals surface area (Å²) in [5.41, 5.74) is 0. The second kappa shape index (κ2) is 6.33. The Morgan fingerprint density at radius 3 is 2.56 bits per heavy atom. The standard InChI is InChI=1S/C14H28N2O2/c1-10-5-14(6-10)16-8-12(11(2)18)7-13(9-16)15-3-4-17/h10-15,17-18H,3-9H2,1-2H3. The van der Waals surface area contributed by atoms with Crippen LogP contribution in [0.25, 0.3) is 0 Å². The third-order valence-electron chi connectivity index (χ3n) is 4.60. The number of hydrogen-bond donors (Lipinski definition) is 3. The van der Waals surface area contributed by atoms with Crippen molar-refractivity contribution in [3.05, 3.63) is 0 Å². The Labute approximate surface area is 110 Å². The van der Waals surface area contributed by atoms with E-state index < -0.39 is 0 Å². The van der Waals surface area contributed by atoms with Crippen molar-refractivity contribution >= 4 is 0 Å². The summed E-state index contributed by atoms with van der Waals surface area (Å²) in [6.45, 7) is 7.17. The molecular weight excluding hydrogens is 228 g/mol. The van der Waals surface area contributed by atoms with Crippen LogP contribution in [0.2, 0.25) is 0 Å². The van der Waals surface area contributed by atoms with Crippen LogP contribution in [-0.4, -0.2) is 59.5 Å². The van der Waals surface area contributed by atoms with Gasteiger partial charge in [0.15, 0.2) is 0 Å². The van der Waals surface area contributed by atoms with Crippen molar-refractivity contribution in [3.63, 3.8) is 0 Å². The zero-order valence-corrected chi connectivity index (χ0v) is 11.7. The minimum Gasteiger partial charge on any atom is -0.395 e. The van der Waals surface area contributed by atoms with Gasteiger partial charge in [-0.05, 0) is 38.0 Å². The molecule has 2 rings (SSSR count). The molecule has 1 aliphatic heterocycles. The molecule has 3 unspecified atom stereocenters. The van der Waals surface area contributed by atoms with Gasteiger partial charge in [0.05, 0.1) is 12.7 Å². The molecule has 4 nitrogen and oxygen atoms in total. The summed E-state index contributed by atoms with van der Waals surface area (Å²) >= 11 is 0. The van der Waals surface area contributed by atoms with Crippen molar-refractivity contribution in [2.24, 2.45) is 11.8 Å². The third kappa shape index (κ3) is 3.44. The Morgan fingerprint density at radius 2 is 2.00 bits per heavy atom. The van der Waals surface area contributed by atoms with Gasteiger partial charge >= 0.3 is 0 Å². The molecule has 1 saturated heterocycles. The Kier molecular flexibility index (Phi) is 5.01. The van der Waals surface area contributed by atoms with Gasteiger partial charge in [-0.15, -0.1) is 0 Å². The number of nitrogens with zero attached hydrogens (tertiary/aromatic N) is 1. The first-order chi connectivity index (χ1) is 8.60. The molecule has 0 aromatic carbocycles. The molecule has 3 N–H and O–H groups in total. The van der Waals surface area contributed by atoms with Gasteiger partial charge in [0.25, 0.3) is 0 Å². The summed E-state index contributed by atoms with van der Waals surface area (Å²) < 4.78 is 0. The molecule has 0 aromatic rings. The van der Waals surface area contributed by atoms with Gasteiger partial charge in [-0.3, -0.25) is 4.90 Å². The molecule has 0 radical (unpaired) electrons. The predicted octanol–water partition coefficient (Wildman–Crippen LogP) is 0.438. The highest BCUT2D eigenvalue weighted by Crippen LogP contribution is 2.34. The third-order valence-corrected chi connectivity index (χ3v) is 4.60. The quantitative estimate of drug-likeness (QED) is 0.668. The van der Waals surface area contributed by atoms with Crippen molar-refractivity contribution < 1.29 is 10.2 Å². The summed E-state index contributed by atoms with van der Waals surface area (Å²) in [6.07, 6.45) is 3.40. The minimum absolute atomic E-state index is 0.191. The van der Waals surface area contributed by atoms with E-state index >= 15 is 0 Å². The lowest BCUT2D eigenvalue weighted by Gasteiger charge is -2.48. The Balaban J connectivity index is 1.89. The first-order valence-electron chi connectivity index (χ1n) is 7.36. The molecule has 0 bridgehead atoms. The van der Waals surface area contributed by atoms with Gasteiger partial charge in [-0.25, -0.2) is 0 Å². The van der Waals surface area contributed by atoms with Crippen LogP contribution in [0.3, 0.4) is 0 Å². The van der Waals surface area contributed by atoms with Crippen LogP contribution in [0.1, 0.15) is 33.1 Å². The Bertz CT molecular complexity index is 254. The highest BCUT2D eigenvalue weighted by molar-refractivity contribution is 4.93. The highest BCUT2D eigenvalue weighted by Gasteiger charge is 2.37. The van der Waals surface area contributed by atoms with Crippen LogP contribution in [0, 0.1) is 11.8 Å². The second-order valence-electron chi connectivity index (χ2n) is 6.30. The summed E-state index contributed by atoms with van der Waals surface area (Å²) in [7, 11) is 0. The summed E-state index contributed by atoms with van der Waals surface area (Å²) in [5, 5.41) is 22.2. The van der Waals surface area contributed by atoms with E-state index in [1.807, 2.05) is 6.92 Å². The van der Waals surface area contributed by atoms with E-state index in [4.69, 9.17) is 5.11 Å². The number of hydrogen-bond acceptors (Lipinski definition) is 4. The van der Waals surface area contributed by atoms with E-state index in [0.29, 0.717) is 18.5 Å². The van der Waals surface area contributed by atoms with Gasteiger partial charge < -0.3 is 15.5 Å². The molecule has 0 amide bonds. The maximum absolute atomic E-state index is 9.86. The van der Waals surface area contributed by atoms with E-state index in [1.54, 1.807) is 0 Å². The van der Waals surface area contributed by atoms with Crippen molar-refractivity contribution in [3.8, 4) is 0 Å². The first kappa shape index (κ1) is 14.3. The Hall–Kier alpha value is -0.160. The van der Waals surface area contributed by atoms with E-state index in [1.165, 1.54) is 12.8 Å². The lowest BCUT2D eigenvalue weighted by molar-refractivity contribution is -0.00329. The van der Waals surface area contributed by atoms with Crippen molar-refractivity contribution in [1.82, 2.24) is 10.2 Å². The molecule has 4 heteroatoms. The van der Waals surface area contributed by atoms with Gasteiger partial charge in [-0.2, -0.15) is 0 Å². The maximum Gasteiger partial charge on any atom is 0.0556 e. The number of nitrogens with one attached hydrogen (secondary N) is 1. The lowest BCUT2D eigenvalue weighted by Crippen LogP contribution is -2.57. The first-order valence-corrected chi connectivity index (χ1v) is 7.36. The molecule has 1 heterocycles. The summed E-state index contributed by atoms with van der Waals surface area (Å²) in [4.78, 5) is 2.55. The van der Waals surface area contributed by atoms with Crippen LogP contribution in [0.4, 0.5) is 0 Å². The molecule has 1 saturated carbocycles. The summed E-state index contributed by atoms with van der Waals surface area (Å²) in [5.74, 6) is 1.23. The van der Waals surface area contributed by atoms with Crippen LogP contribution in [0.15, 0.2) is 0 Å². The predicted molar refractivity (Wildman–Crippen MR) is 72.4 cm³/mol. The van der Waals surface area contributed by atoms with Crippen LogP contribution in [-0.2, 0) is 0 Å². The minimum atomic E-state index is -0.233. The molecule has 0 aromatic heterocycles. The smallest absolute Gasteiger partial charge is 0.0556 e. The van der Waals surface area contributed by atoms with Gasteiger partial charge in [0.1, 0.15) is 0 Å². The number of piperidine rings is 1. The number of likely N-dealkylation sites (tertiary alicyclic amines) is 1. The fraction of sp³-hybridized carbons (Fsp3) is 1.00. The van der Waals surface area contributed by atoms with Crippen LogP contribution < -0.4 is 5.32 Å². The van der Waals surface area contributed by atoms with Crippen molar-refractivity contribution in [1.29, 1.82) is 0 Å². The molecule has 0 spiro atoms. The molecule has 3 atom stereocenters. The van der Waals surface area contributed by atoms with E-state index in [2.05, 4.69) is 17.1 Å². The van der Waals surface area contributed by atoms with Gasteiger partial charge in [0, 0.05) is 31.7 Å². The van der Waals surface area contributed by atoms with Crippen LogP contribution >= 0.6 is 0 Å². The number of aliphatic hydroxyl groups is 2. The fourth-order valence-electron chi connectivity index (χ4n) is 3.40. The van der Waals surface area contributed by atoms with E-state index in [0.717, 1.165) is 31.5 Å². The summed E-state index contributed by atoms with van der Waals surface area (Å²) in [6, 6.07) is 1.14. The lowest BCUT2D eigenvalue weighted by atomic mass is 9.78. The van der Waals surface area contributed by atoms with Gasteiger partial charge in [-0.1, -0.05) is 6.92 Å². The molecule has 18 heavy (non-hydrogen) atoms. The number of rotatable bonds is 5. The molecule has 1 aliphatic carbocycles. The second-order valence-corrected chi connectivity index (χ2v) is 6.30. The topological polar surface area (TPSA) is 55.7 Å². The monoisotopic (exact) mass is 256 g/mol. The van der Waals surface area contributed by atoms with Gasteiger partial charge in [0.2, 0.25) is 0 Å². The molecule has 2 aliphatic rings. The Morgan fingerprint density at radius 1 is 1.28 bits per heavy atom. The fourth-order valence-corrected chi connectivity index (χ4v) is 3.40. The zero-order valence-electron chi connectivity index (χ0n) is 11.7. The van der Waals surface area contributed by atoms with Crippen LogP contribution in [0.5, 0.6) is 0 Å². The van der Waals surface area contributed by atoms with Crippen molar-refractivity contribution in [2.45, 2.75) is 51.3 Å². The number of aliphatic hydroxyl groups excluding tert-OH is 2. The molecule has 2 fully saturated rings. The SMILES string of the molecule is CC1CC(N2CC(NCCO)CC(C(C)O)C2)C1. The normalized spacial score (nSPS) is 39.3. The average molecular weight is 256 g/mol.